The first-order chi connectivity index (χ1) is 12.9. The van der Waals surface area contributed by atoms with Crippen LogP contribution in [0.5, 0.6) is 5.75 Å². The van der Waals surface area contributed by atoms with Crippen molar-refractivity contribution in [3.05, 3.63) is 62.4 Å². The minimum atomic E-state index is -0.00178. The summed E-state index contributed by atoms with van der Waals surface area (Å²) in [6.07, 6.45) is 2.08. The number of hydrogen-bond donors (Lipinski definition) is 0. The Balaban J connectivity index is 2.18. The smallest absolute Gasteiger partial charge is 0.200 e. The van der Waals surface area contributed by atoms with E-state index in [4.69, 9.17) is 9.15 Å². The summed E-state index contributed by atoms with van der Waals surface area (Å²) in [7, 11) is 0. The van der Waals surface area contributed by atoms with E-state index in [-0.39, 0.29) is 11.3 Å². The predicted molar refractivity (Wildman–Crippen MR) is 115 cm³/mol. The molecule has 2 aromatic carbocycles. The lowest BCUT2D eigenvalue weighted by molar-refractivity contribution is 0.305. The van der Waals surface area contributed by atoms with E-state index in [1.165, 1.54) is 0 Å². The van der Waals surface area contributed by atoms with Crippen LogP contribution in [0.3, 0.4) is 0 Å². The number of benzene rings is 2. The normalized spacial score (nSPS) is 11.3. The number of unbranched alkanes of at least 4 members (excludes halogenated alkanes) is 1. The largest absolute Gasteiger partial charge is 0.493 e. The van der Waals surface area contributed by atoms with Gasteiger partial charge >= 0.3 is 0 Å². The van der Waals surface area contributed by atoms with E-state index < -0.39 is 0 Å². The molecule has 0 N–H and O–H groups in total. The second-order valence-corrected chi connectivity index (χ2v) is 8.03. The Kier molecular flexibility index (Phi) is 6.05. The van der Waals surface area contributed by atoms with Crippen LogP contribution in [-0.2, 0) is 0 Å². The van der Waals surface area contributed by atoms with Gasteiger partial charge in [-0.25, -0.2) is 0 Å². The van der Waals surface area contributed by atoms with E-state index in [9.17, 15) is 4.79 Å². The van der Waals surface area contributed by atoms with Crippen molar-refractivity contribution < 1.29 is 9.15 Å². The minimum absolute atomic E-state index is 0.00178. The number of halogens is 1. The van der Waals surface area contributed by atoms with Crippen LogP contribution in [0.1, 0.15) is 50.9 Å². The zero-order chi connectivity index (χ0) is 19.6. The Morgan fingerprint density at radius 2 is 1.85 bits per heavy atom. The lowest BCUT2D eigenvalue weighted by Crippen LogP contribution is -2.09. The van der Waals surface area contributed by atoms with E-state index in [0.717, 1.165) is 34.2 Å². The van der Waals surface area contributed by atoms with Gasteiger partial charge in [-0.05, 0) is 48.6 Å². The third-order valence-corrected chi connectivity index (χ3v) is 5.24. The summed E-state index contributed by atoms with van der Waals surface area (Å²) >= 11 is 3.44. The summed E-state index contributed by atoms with van der Waals surface area (Å²) in [5.41, 5.74) is 3.09. The summed E-state index contributed by atoms with van der Waals surface area (Å²) in [5, 5.41) is 0.602. The van der Waals surface area contributed by atoms with Gasteiger partial charge in [0.1, 0.15) is 17.1 Å². The first-order valence-corrected chi connectivity index (χ1v) is 10.2. The number of fused-ring (bicyclic) bond motifs is 1. The fraction of sp³-hybridized carbons (Fsp3) is 0.348. The lowest BCUT2D eigenvalue weighted by Gasteiger charge is -2.16. The molecule has 0 saturated heterocycles. The Labute approximate surface area is 168 Å². The average molecular weight is 429 g/mol. The van der Waals surface area contributed by atoms with E-state index in [0.29, 0.717) is 28.9 Å². The van der Waals surface area contributed by atoms with Crippen LogP contribution in [0.25, 0.3) is 22.1 Å². The van der Waals surface area contributed by atoms with Crippen LogP contribution in [0.2, 0.25) is 0 Å². The molecule has 0 amide bonds. The number of ether oxygens (including phenoxy) is 1. The molecule has 4 heteroatoms. The molecule has 0 radical (unpaired) electrons. The third-order valence-electron chi connectivity index (χ3n) is 4.71. The van der Waals surface area contributed by atoms with Gasteiger partial charge in [-0.15, -0.1) is 0 Å². The molecule has 0 spiro atoms. The van der Waals surface area contributed by atoms with Gasteiger partial charge in [-0.1, -0.05) is 55.3 Å². The van der Waals surface area contributed by atoms with E-state index in [2.05, 4.69) is 36.7 Å². The average Bonchev–Trinajstić information content (AvgIpc) is 2.63. The van der Waals surface area contributed by atoms with Gasteiger partial charge in [0, 0.05) is 10.5 Å². The van der Waals surface area contributed by atoms with Gasteiger partial charge in [0.15, 0.2) is 0 Å². The molecule has 3 rings (SSSR count). The first kappa shape index (κ1) is 19.7. The van der Waals surface area contributed by atoms with Crippen LogP contribution in [0.4, 0.5) is 0 Å². The van der Waals surface area contributed by atoms with Crippen molar-refractivity contribution in [2.24, 2.45) is 0 Å². The van der Waals surface area contributed by atoms with Crippen molar-refractivity contribution in [1.82, 2.24) is 0 Å². The summed E-state index contributed by atoms with van der Waals surface area (Å²) in [6.45, 7) is 8.87. The highest BCUT2D eigenvalue weighted by molar-refractivity contribution is 9.10. The monoisotopic (exact) mass is 428 g/mol. The van der Waals surface area contributed by atoms with Crippen molar-refractivity contribution >= 4 is 26.9 Å². The minimum Gasteiger partial charge on any atom is -0.493 e. The fourth-order valence-electron chi connectivity index (χ4n) is 3.20. The van der Waals surface area contributed by atoms with Crippen molar-refractivity contribution in [2.45, 2.75) is 46.5 Å². The Morgan fingerprint density at radius 1 is 1.15 bits per heavy atom. The molecule has 1 aromatic heterocycles. The molecule has 142 valence electrons. The molecular formula is C23H25BrO3. The Bertz CT molecular complexity index is 1000. The molecule has 0 aliphatic heterocycles. The molecule has 0 fully saturated rings. The second-order valence-electron chi connectivity index (χ2n) is 7.11. The maximum atomic E-state index is 13.3. The molecule has 0 atom stereocenters. The molecule has 3 aromatic rings. The molecule has 1 heterocycles. The molecule has 0 saturated carbocycles. The Morgan fingerprint density at radius 3 is 2.48 bits per heavy atom. The maximum Gasteiger partial charge on any atom is 0.200 e. The second kappa shape index (κ2) is 8.30. The van der Waals surface area contributed by atoms with E-state index in [1.54, 1.807) is 0 Å². The van der Waals surface area contributed by atoms with Crippen LogP contribution in [-0.4, -0.2) is 6.61 Å². The number of hydrogen-bond acceptors (Lipinski definition) is 3. The van der Waals surface area contributed by atoms with Crippen LogP contribution >= 0.6 is 15.9 Å². The van der Waals surface area contributed by atoms with Crippen LogP contribution in [0, 0.1) is 6.92 Å². The first-order valence-electron chi connectivity index (χ1n) is 9.42. The number of rotatable bonds is 6. The summed E-state index contributed by atoms with van der Waals surface area (Å²) in [6, 6.07) is 11.5. The van der Waals surface area contributed by atoms with Gasteiger partial charge in [0.05, 0.1) is 17.6 Å². The predicted octanol–water partition coefficient (Wildman–Crippen LogP) is 6.83. The molecular weight excluding hydrogens is 404 g/mol. The van der Waals surface area contributed by atoms with Gasteiger partial charge in [0.2, 0.25) is 5.43 Å². The topological polar surface area (TPSA) is 39.4 Å². The molecule has 27 heavy (non-hydrogen) atoms. The maximum absolute atomic E-state index is 13.3. The molecule has 3 nitrogen and oxygen atoms in total. The summed E-state index contributed by atoms with van der Waals surface area (Å²) in [4.78, 5) is 13.3. The number of aryl methyl sites for hydroxylation is 1. The van der Waals surface area contributed by atoms with Crippen molar-refractivity contribution in [1.29, 1.82) is 0 Å². The summed E-state index contributed by atoms with van der Waals surface area (Å²) in [5.74, 6) is 1.68. The summed E-state index contributed by atoms with van der Waals surface area (Å²) < 4.78 is 13.0. The highest BCUT2D eigenvalue weighted by Gasteiger charge is 2.18. The quantitative estimate of drug-likeness (QED) is 0.403. The zero-order valence-corrected chi connectivity index (χ0v) is 17.9. The lowest BCUT2D eigenvalue weighted by atomic mass is 9.97. The van der Waals surface area contributed by atoms with Crippen molar-refractivity contribution in [3.8, 4) is 16.9 Å². The van der Waals surface area contributed by atoms with E-state index >= 15 is 0 Å². The van der Waals surface area contributed by atoms with E-state index in [1.807, 2.05) is 43.3 Å². The Hall–Kier alpha value is -2.07. The van der Waals surface area contributed by atoms with Crippen LogP contribution < -0.4 is 10.2 Å². The van der Waals surface area contributed by atoms with Gasteiger partial charge in [0.25, 0.3) is 0 Å². The molecule has 0 bridgehead atoms. The van der Waals surface area contributed by atoms with Crippen LogP contribution in [0.15, 0.2) is 50.1 Å². The SMILES string of the molecule is CCCCOc1cc2oc(C)c(-c3ccc(Br)cc3)c(=O)c2cc1C(C)C. The highest BCUT2D eigenvalue weighted by atomic mass is 79.9. The fourth-order valence-corrected chi connectivity index (χ4v) is 3.47. The highest BCUT2D eigenvalue weighted by Crippen LogP contribution is 2.33. The third kappa shape index (κ3) is 4.11. The molecule has 0 aliphatic rings. The van der Waals surface area contributed by atoms with Gasteiger partial charge in [-0.3, -0.25) is 4.79 Å². The molecule has 0 aliphatic carbocycles. The van der Waals surface area contributed by atoms with Crippen molar-refractivity contribution in [3.63, 3.8) is 0 Å². The molecule has 0 unspecified atom stereocenters. The zero-order valence-electron chi connectivity index (χ0n) is 16.3. The van der Waals surface area contributed by atoms with Crippen molar-refractivity contribution in [2.75, 3.05) is 6.61 Å². The van der Waals surface area contributed by atoms with Gasteiger partial charge < -0.3 is 9.15 Å². The standard InChI is InChI=1S/C23H25BrO3/c1-5-6-11-26-20-13-21-19(12-18(20)14(2)3)23(25)22(15(4)27-21)16-7-9-17(24)10-8-16/h7-10,12-14H,5-6,11H2,1-4H3. The van der Waals surface area contributed by atoms with Gasteiger partial charge in [-0.2, -0.15) is 0 Å².